The molecule has 0 N–H and O–H groups in total. The van der Waals surface area contributed by atoms with Crippen molar-refractivity contribution >= 4 is 15.9 Å². The monoisotopic (exact) mass is 312 g/mol. The Morgan fingerprint density at radius 2 is 1.94 bits per heavy atom. The first kappa shape index (κ1) is 14.2. The van der Waals surface area contributed by atoms with Crippen molar-refractivity contribution in [3.63, 3.8) is 0 Å². The van der Waals surface area contributed by atoms with Crippen molar-refractivity contribution in [2.24, 2.45) is 0 Å². The van der Waals surface area contributed by atoms with E-state index in [1.54, 1.807) is 12.1 Å². The summed E-state index contributed by atoms with van der Waals surface area (Å²) >= 11 is 3.26. The molecule has 1 rings (SSSR count). The average molecular weight is 313 g/mol. The van der Waals surface area contributed by atoms with Crippen LogP contribution in [0.4, 0.5) is 13.2 Å². The number of hydrogen-bond acceptors (Lipinski definition) is 2. The third-order valence-corrected chi connectivity index (χ3v) is 2.67. The zero-order valence-corrected chi connectivity index (χ0v) is 10.8. The minimum Gasteiger partial charge on any atom is -0.493 e. The molecular weight excluding hydrogens is 301 g/mol. The largest absolute Gasteiger partial charge is 0.493 e. The molecule has 0 bridgehead atoms. The highest BCUT2D eigenvalue weighted by Crippen LogP contribution is 2.29. The predicted octanol–water partition coefficient (Wildman–Crippen LogP) is 3.92. The van der Waals surface area contributed by atoms with E-state index in [4.69, 9.17) is 9.47 Å². The van der Waals surface area contributed by atoms with Crippen molar-refractivity contribution in [1.82, 2.24) is 0 Å². The van der Waals surface area contributed by atoms with E-state index < -0.39 is 19.2 Å². The van der Waals surface area contributed by atoms with Gasteiger partial charge < -0.3 is 9.47 Å². The van der Waals surface area contributed by atoms with Crippen LogP contribution in [0.15, 0.2) is 18.2 Å². The van der Waals surface area contributed by atoms with Crippen LogP contribution in [0.1, 0.15) is 12.0 Å². The smallest absolute Gasteiger partial charge is 0.392 e. The van der Waals surface area contributed by atoms with Crippen LogP contribution < -0.4 is 9.47 Å². The van der Waals surface area contributed by atoms with E-state index in [0.717, 1.165) is 5.56 Å². The lowest BCUT2D eigenvalue weighted by Gasteiger charge is -2.12. The molecule has 17 heavy (non-hydrogen) atoms. The topological polar surface area (TPSA) is 18.5 Å². The van der Waals surface area contributed by atoms with Crippen molar-refractivity contribution < 1.29 is 22.6 Å². The zero-order valence-electron chi connectivity index (χ0n) is 9.18. The summed E-state index contributed by atoms with van der Waals surface area (Å²) in [6, 6.07) is 5.13. The molecule has 1 aromatic carbocycles. The van der Waals surface area contributed by atoms with Crippen molar-refractivity contribution in [1.29, 1.82) is 0 Å². The van der Waals surface area contributed by atoms with Gasteiger partial charge in [-0.05, 0) is 17.7 Å². The summed E-state index contributed by atoms with van der Waals surface area (Å²) < 4.78 is 46.0. The fourth-order valence-corrected chi connectivity index (χ4v) is 1.54. The van der Waals surface area contributed by atoms with Crippen molar-refractivity contribution in [2.75, 3.05) is 13.7 Å². The first-order valence-electron chi connectivity index (χ1n) is 4.88. The van der Waals surface area contributed by atoms with E-state index in [9.17, 15) is 13.2 Å². The molecule has 1 aromatic rings. The van der Waals surface area contributed by atoms with E-state index >= 15 is 0 Å². The molecule has 96 valence electrons. The summed E-state index contributed by atoms with van der Waals surface area (Å²) in [4.78, 5) is 0. The number of halogens is 4. The fourth-order valence-electron chi connectivity index (χ4n) is 1.19. The van der Waals surface area contributed by atoms with Gasteiger partial charge >= 0.3 is 6.18 Å². The minimum absolute atomic E-state index is 0.327. The van der Waals surface area contributed by atoms with Gasteiger partial charge in [0, 0.05) is 5.33 Å². The lowest BCUT2D eigenvalue weighted by molar-refractivity contribution is -0.139. The number of ether oxygens (including phenoxy) is 2. The molecule has 0 aliphatic heterocycles. The molecule has 0 heterocycles. The van der Waals surface area contributed by atoms with Gasteiger partial charge in [0.2, 0.25) is 0 Å². The van der Waals surface area contributed by atoms with E-state index in [2.05, 4.69) is 15.9 Å². The molecule has 6 heteroatoms. The Kier molecular flexibility index (Phi) is 5.11. The van der Waals surface area contributed by atoms with Crippen molar-refractivity contribution in [3.05, 3.63) is 23.8 Å². The number of benzene rings is 1. The van der Waals surface area contributed by atoms with Gasteiger partial charge in [0.05, 0.1) is 20.1 Å². The quantitative estimate of drug-likeness (QED) is 0.767. The number of alkyl halides is 4. The molecule has 0 atom stereocenters. The second-order valence-electron chi connectivity index (χ2n) is 3.33. The molecule has 0 amide bonds. The lowest BCUT2D eigenvalue weighted by Crippen LogP contribution is -2.13. The van der Waals surface area contributed by atoms with Crippen LogP contribution in [0.5, 0.6) is 11.5 Å². The number of hydrogen-bond donors (Lipinski definition) is 0. The van der Waals surface area contributed by atoms with Crippen LogP contribution in [0.3, 0.4) is 0 Å². The highest BCUT2D eigenvalue weighted by molar-refractivity contribution is 9.08. The van der Waals surface area contributed by atoms with Crippen LogP contribution in [0.25, 0.3) is 0 Å². The first-order chi connectivity index (χ1) is 7.96. The molecule has 0 fully saturated rings. The van der Waals surface area contributed by atoms with Gasteiger partial charge in [-0.25, -0.2) is 0 Å². The lowest BCUT2D eigenvalue weighted by atomic mass is 10.2. The normalized spacial score (nSPS) is 11.4. The van der Waals surface area contributed by atoms with E-state index in [-0.39, 0.29) is 0 Å². The third kappa shape index (κ3) is 4.85. The van der Waals surface area contributed by atoms with Gasteiger partial charge in [0.25, 0.3) is 0 Å². The zero-order chi connectivity index (χ0) is 12.9. The van der Waals surface area contributed by atoms with E-state index in [1.165, 1.54) is 7.11 Å². The van der Waals surface area contributed by atoms with Crippen LogP contribution in [0, 0.1) is 0 Å². The summed E-state index contributed by atoms with van der Waals surface area (Å²) in [5.41, 5.74) is 0.910. The van der Waals surface area contributed by atoms with E-state index in [0.29, 0.717) is 16.8 Å². The van der Waals surface area contributed by atoms with Gasteiger partial charge in [-0.15, -0.1) is 0 Å². The summed E-state index contributed by atoms with van der Waals surface area (Å²) in [6.45, 7) is -0.411. The Morgan fingerprint density at radius 3 is 2.47 bits per heavy atom. The van der Waals surface area contributed by atoms with E-state index in [1.807, 2.05) is 6.07 Å². The molecule has 0 aliphatic carbocycles. The Labute approximate surface area is 106 Å². The molecule has 0 aromatic heterocycles. The Morgan fingerprint density at radius 1 is 1.24 bits per heavy atom. The van der Waals surface area contributed by atoms with Gasteiger partial charge in [-0.1, -0.05) is 22.0 Å². The number of rotatable bonds is 5. The van der Waals surface area contributed by atoms with Gasteiger partial charge in [0.15, 0.2) is 11.5 Å². The van der Waals surface area contributed by atoms with Gasteiger partial charge in [-0.3, -0.25) is 0 Å². The molecular formula is C11H12BrF3O2. The maximum absolute atomic E-state index is 12.0. The summed E-state index contributed by atoms with van der Waals surface area (Å²) in [5, 5.41) is 0.604. The molecule has 0 radical (unpaired) electrons. The third-order valence-electron chi connectivity index (χ3n) is 2.03. The molecule has 0 spiro atoms. The van der Waals surface area contributed by atoms with Gasteiger partial charge in [0.1, 0.15) is 0 Å². The highest BCUT2D eigenvalue weighted by atomic mass is 79.9. The second kappa shape index (κ2) is 6.14. The van der Waals surface area contributed by atoms with Crippen LogP contribution in [0.2, 0.25) is 0 Å². The van der Waals surface area contributed by atoms with Crippen LogP contribution in [-0.2, 0) is 5.33 Å². The average Bonchev–Trinajstić information content (AvgIpc) is 2.27. The standard InChI is InChI=1S/C11H12BrF3O2/c1-16-9-3-2-8(7-12)6-10(9)17-5-4-11(13,14)15/h2-3,6H,4-5,7H2,1H3. The minimum atomic E-state index is -4.21. The highest BCUT2D eigenvalue weighted by Gasteiger charge is 2.27. The van der Waals surface area contributed by atoms with Crippen LogP contribution in [-0.4, -0.2) is 19.9 Å². The summed E-state index contributed by atoms with van der Waals surface area (Å²) in [7, 11) is 1.44. The summed E-state index contributed by atoms with van der Waals surface area (Å²) in [6.07, 6.45) is -5.19. The van der Waals surface area contributed by atoms with Gasteiger partial charge in [-0.2, -0.15) is 13.2 Å². The first-order valence-corrected chi connectivity index (χ1v) is 6.01. The van der Waals surface area contributed by atoms with Crippen LogP contribution >= 0.6 is 15.9 Å². The molecule has 0 aliphatic rings. The Balaban J connectivity index is 2.68. The number of methoxy groups -OCH3 is 1. The fraction of sp³-hybridized carbons (Fsp3) is 0.455. The van der Waals surface area contributed by atoms with Crippen molar-refractivity contribution in [2.45, 2.75) is 17.9 Å². The molecule has 0 saturated heterocycles. The SMILES string of the molecule is COc1ccc(CBr)cc1OCCC(F)(F)F. The molecule has 0 unspecified atom stereocenters. The predicted molar refractivity (Wildman–Crippen MR) is 61.8 cm³/mol. The van der Waals surface area contributed by atoms with Crippen molar-refractivity contribution in [3.8, 4) is 11.5 Å². The summed E-state index contributed by atoms with van der Waals surface area (Å²) in [5.74, 6) is 0.755. The molecule has 0 saturated carbocycles. The Hall–Kier alpha value is -0.910. The molecule has 2 nitrogen and oxygen atoms in total. The maximum Gasteiger partial charge on any atom is 0.392 e. The maximum atomic E-state index is 12.0. The second-order valence-corrected chi connectivity index (χ2v) is 3.89. The Bertz CT molecular complexity index is 366.